The standard InChI is InChI=1S/C16H19FN2/c1-11-6-4-7-13(10-11)19(3)15-9-5-8-14(17)16(15)12(2)18/h4-10,12H,18H2,1-3H3. The number of hydrogen-bond acceptors (Lipinski definition) is 2. The molecule has 0 fully saturated rings. The molecule has 1 unspecified atom stereocenters. The van der Waals surface area contributed by atoms with Gasteiger partial charge in [-0.15, -0.1) is 0 Å². The molecule has 100 valence electrons. The van der Waals surface area contributed by atoms with Gasteiger partial charge in [0.15, 0.2) is 0 Å². The van der Waals surface area contributed by atoms with Crippen molar-refractivity contribution in [1.82, 2.24) is 0 Å². The van der Waals surface area contributed by atoms with Crippen molar-refractivity contribution in [3.63, 3.8) is 0 Å². The van der Waals surface area contributed by atoms with Crippen LogP contribution in [0, 0.1) is 12.7 Å². The highest BCUT2D eigenvalue weighted by Gasteiger charge is 2.16. The summed E-state index contributed by atoms with van der Waals surface area (Å²) in [6, 6.07) is 12.8. The lowest BCUT2D eigenvalue weighted by molar-refractivity contribution is 0.594. The lowest BCUT2D eigenvalue weighted by Gasteiger charge is -2.24. The molecule has 0 aliphatic carbocycles. The average molecular weight is 258 g/mol. The van der Waals surface area contributed by atoms with Crippen molar-refractivity contribution < 1.29 is 4.39 Å². The first-order chi connectivity index (χ1) is 9.00. The summed E-state index contributed by atoms with van der Waals surface area (Å²) in [5.74, 6) is -0.257. The van der Waals surface area contributed by atoms with Crippen molar-refractivity contribution >= 4 is 11.4 Å². The second kappa shape index (κ2) is 5.41. The van der Waals surface area contributed by atoms with E-state index in [0.29, 0.717) is 5.56 Å². The second-order valence-corrected chi connectivity index (χ2v) is 4.86. The van der Waals surface area contributed by atoms with E-state index in [1.54, 1.807) is 13.0 Å². The highest BCUT2D eigenvalue weighted by atomic mass is 19.1. The van der Waals surface area contributed by atoms with Crippen LogP contribution in [-0.4, -0.2) is 7.05 Å². The summed E-state index contributed by atoms with van der Waals surface area (Å²) in [4.78, 5) is 1.97. The molecule has 0 bridgehead atoms. The summed E-state index contributed by atoms with van der Waals surface area (Å²) in [5, 5.41) is 0. The minimum Gasteiger partial charge on any atom is -0.344 e. The van der Waals surface area contributed by atoms with Crippen LogP contribution in [0.25, 0.3) is 0 Å². The van der Waals surface area contributed by atoms with E-state index in [2.05, 4.69) is 6.07 Å². The number of aryl methyl sites for hydroxylation is 1. The van der Waals surface area contributed by atoms with E-state index in [1.165, 1.54) is 11.6 Å². The van der Waals surface area contributed by atoms with Crippen molar-refractivity contribution in [3.8, 4) is 0 Å². The number of nitrogens with zero attached hydrogens (tertiary/aromatic N) is 1. The molecule has 0 radical (unpaired) electrons. The number of anilines is 2. The Balaban J connectivity index is 2.50. The van der Waals surface area contributed by atoms with Crippen LogP contribution in [0.1, 0.15) is 24.1 Å². The molecule has 0 amide bonds. The monoisotopic (exact) mass is 258 g/mol. The molecule has 2 aromatic rings. The maximum absolute atomic E-state index is 13.9. The van der Waals surface area contributed by atoms with Crippen molar-refractivity contribution in [1.29, 1.82) is 0 Å². The Morgan fingerprint density at radius 1 is 1.16 bits per heavy atom. The first-order valence-corrected chi connectivity index (χ1v) is 6.35. The largest absolute Gasteiger partial charge is 0.344 e. The molecule has 0 heterocycles. The maximum atomic E-state index is 13.9. The predicted molar refractivity (Wildman–Crippen MR) is 78.2 cm³/mol. The molecule has 0 aromatic heterocycles. The predicted octanol–water partition coefficient (Wildman–Crippen LogP) is 3.92. The molecule has 0 spiro atoms. The first-order valence-electron chi connectivity index (χ1n) is 6.35. The van der Waals surface area contributed by atoms with Crippen LogP contribution in [0.5, 0.6) is 0 Å². The van der Waals surface area contributed by atoms with Crippen LogP contribution in [0.4, 0.5) is 15.8 Å². The van der Waals surface area contributed by atoms with Crippen molar-refractivity contribution in [2.45, 2.75) is 19.9 Å². The fourth-order valence-electron chi connectivity index (χ4n) is 2.24. The molecule has 0 aliphatic heterocycles. The zero-order valence-corrected chi connectivity index (χ0v) is 11.5. The lowest BCUT2D eigenvalue weighted by Crippen LogP contribution is -2.17. The van der Waals surface area contributed by atoms with Gasteiger partial charge in [-0.05, 0) is 43.7 Å². The van der Waals surface area contributed by atoms with E-state index < -0.39 is 0 Å². The van der Waals surface area contributed by atoms with Gasteiger partial charge in [0, 0.05) is 30.0 Å². The Kier molecular flexibility index (Phi) is 3.86. The SMILES string of the molecule is Cc1cccc(N(C)c2cccc(F)c2C(C)N)c1. The quantitative estimate of drug-likeness (QED) is 0.904. The average Bonchev–Trinajstić information content (AvgIpc) is 2.37. The van der Waals surface area contributed by atoms with E-state index in [1.807, 2.05) is 43.1 Å². The van der Waals surface area contributed by atoms with E-state index >= 15 is 0 Å². The van der Waals surface area contributed by atoms with Crippen LogP contribution in [0.2, 0.25) is 0 Å². The number of nitrogens with two attached hydrogens (primary N) is 1. The highest BCUT2D eigenvalue weighted by Crippen LogP contribution is 2.32. The molecular weight excluding hydrogens is 239 g/mol. The van der Waals surface area contributed by atoms with Gasteiger partial charge >= 0.3 is 0 Å². The Morgan fingerprint density at radius 3 is 2.47 bits per heavy atom. The Morgan fingerprint density at radius 2 is 1.84 bits per heavy atom. The van der Waals surface area contributed by atoms with E-state index in [0.717, 1.165) is 11.4 Å². The van der Waals surface area contributed by atoms with Crippen LogP contribution in [-0.2, 0) is 0 Å². The Hall–Kier alpha value is -1.87. The smallest absolute Gasteiger partial charge is 0.130 e. The third kappa shape index (κ3) is 2.76. The first kappa shape index (κ1) is 13.6. The number of rotatable bonds is 3. The normalized spacial score (nSPS) is 12.3. The number of halogens is 1. The Labute approximate surface area is 113 Å². The third-order valence-electron chi connectivity index (χ3n) is 3.24. The summed E-state index contributed by atoms with van der Waals surface area (Å²) in [6.07, 6.45) is 0. The van der Waals surface area contributed by atoms with Crippen molar-refractivity contribution in [2.75, 3.05) is 11.9 Å². The maximum Gasteiger partial charge on any atom is 0.130 e. The van der Waals surface area contributed by atoms with E-state index in [4.69, 9.17) is 5.73 Å². The molecule has 2 aromatic carbocycles. The second-order valence-electron chi connectivity index (χ2n) is 4.86. The summed E-state index contributed by atoms with van der Waals surface area (Å²) >= 11 is 0. The van der Waals surface area contributed by atoms with Gasteiger partial charge in [-0.3, -0.25) is 0 Å². The molecule has 0 saturated heterocycles. The van der Waals surface area contributed by atoms with E-state index in [9.17, 15) is 4.39 Å². The van der Waals surface area contributed by atoms with Gasteiger partial charge in [0.2, 0.25) is 0 Å². The highest BCUT2D eigenvalue weighted by molar-refractivity contribution is 5.67. The zero-order chi connectivity index (χ0) is 14.0. The molecule has 0 saturated carbocycles. The number of hydrogen-bond donors (Lipinski definition) is 1. The molecular formula is C16H19FN2. The summed E-state index contributed by atoms with van der Waals surface area (Å²) < 4.78 is 13.9. The van der Waals surface area contributed by atoms with Gasteiger partial charge in [-0.2, -0.15) is 0 Å². The molecule has 0 aliphatic rings. The summed E-state index contributed by atoms with van der Waals surface area (Å²) in [5.41, 5.74) is 9.44. The molecule has 3 heteroatoms. The summed E-state index contributed by atoms with van der Waals surface area (Å²) in [6.45, 7) is 3.83. The van der Waals surface area contributed by atoms with Gasteiger partial charge < -0.3 is 10.6 Å². The van der Waals surface area contributed by atoms with Gasteiger partial charge in [-0.1, -0.05) is 18.2 Å². The van der Waals surface area contributed by atoms with Crippen LogP contribution < -0.4 is 10.6 Å². The fraction of sp³-hybridized carbons (Fsp3) is 0.250. The van der Waals surface area contributed by atoms with Crippen LogP contribution in [0.3, 0.4) is 0 Å². The van der Waals surface area contributed by atoms with Gasteiger partial charge in [-0.25, -0.2) is 4.39 Å². The van der Waals surface area contributed by atoms with Crippen LogP contribution in [0.15, 0.2) is 42.5 Å². The molecule has 1 atom stereocenters. The van der Waals surface area contributed by atoms with Crippen molar-refractivity contribution in [3.05, 3.63) is 59.4 Å². The molecule has 2 nitrogen and oxygen atoms in total. The fourth-order valence-corrected chi connectivity index (χ4v) is 2.24. The van der Waals surface area contributed by atoms with Crippen molar-refractivity contribution in [2.24, 2.45) is 5.73 Å². The minimum atomic E-state index is -0.344. The topological polar surface area (TPSA) is 29.3 Å². The number of benzene rings is 2. The minimum absolute atomic E-state index is 0.257. The lowest BCUT2D eigenvalue weighted by atomic mass is 10.0. The molecule has 2 N–H and O–H groups in total. The Bertz CT molecular complexity index is 579. The summed E-state index contributed by atoms with van der Waals surface area (Å²) in [7, 11) is 1.93. The van der Waals surface area contributed by atoms with Gasteiger partial charge in [0.25, 0.3) is 0 Å². The van der Waals surface area contributed by atoms with Crippen LogP contribution >= 0.6 is 0 Å². The zero-order valence-electron chi connectivity index (χ0n) is 11.5. The van der Waals surface area contributed by atoms with Gasteiger partial charge in [0.1, 0.15) is 5.82 Å². The van der Waals surface area contributed by atoms with E-state index in [-0.39, 0.29) is 11.9 Å². The molecule has 19 heavy (non-hydrogen) atoms. The van der Waals surface area contributed by atoms with Gasteiger partial charge in [0.05, 0.1) is 0 Å². The third-order valence-corrected chi connectivity index (χ3v) is 3.24. The molecule has 2 rings (SSSR count).